The van der Waals surface area contributed by atoms with E-state index in [1.165, 1.54) is 6.08 Å². The first kappa shape index (κ1) is 12.7. The van der Waals surface area contributed by atoms with Gasteiger partial charge in [-0.1, -0.05) is 12.1 Å². The van der Waals surface area contributed by atoms with Crippen molar-refractivity contribution in [3.63, 3.8) is 0 Å². The molecule has 1 N–H and O–H groups in total. The van der Waals surface area contributed by atoms with E-state index < -0.39 is 22.9 Å². The lowest BCUT2D eigenvalue weighted by Gasteiger charge is -2.16. The Balaban J connectivity index is 2.34. The summed E-state index contributed by atoms with van der Waals surface area (Å²) in [5.74, 6) is -4.44. The molecule has 18 heavy (non-hydrogen) atoms. The third-order valence-electron chi connectivity index (χ3n) is 3.14. The number of hydrogen-bond donors (Lipinski definition) is 1. The molecule has 1 fully saturated rings. The maximum atomic E-state index is 13.7. The molecule has 0 heterocycles. The van der Waals surface area contributed by atoms with Gasteiger partial charge in [-0.15, -0.1) is 6.58 Å². The van der Waals surface area contributed by atoms with Gasteiger partial charge in [0, 0.05) is 12.1 Å². The second-order valence-electron chi connectivity index (χ2n) is 4.30. The predicted molar refractivity (Wildman–Crippen MR) is 60.4 cm³/mol. The van der Waals surface area contributed by atoms with Gasteiger partial charge in [-0.2, -0.15) is 0 Å². The van der Waals surface area contributed by atoms with Crippen LogP contribution >= 0.6 is 0 Å². The average Bonchev–Trinajstić information content (AvgIpc) is 3.14. The molecule has 0 saturated heterocycles. The van der Waals surface area contributed by atoms with E-state index in [0.717, 1.165) is 12.1 Å². The Morgan fingerprint density at radius 2 is 2.00 bits per heavy atom. The third kappa shape index (κ3) is 1.89. The molecule has 2 nitrogen and oxygen atoms in total. The third-order valence-corrected chi connectivity index (χ3v) is 3.14. The van der Waals surface area contributed by atoms with Gasteiger partial charge in [-0.25, -0.2) is 13.2 Å². The molecule has 0 radical (unpaired) electrons. The monoisotopic (exact) mass is 255 g/mol. The number of carbonyl (C=O) groups excluding carboxylic acids is 1. The van der Waals surface area contributed by atoms with Crippen molar-refractivity contribution in [3.05, 3.63) is 47.8 Å². The van der Waals surface area contributed by atoms with Crippen molar-refractivity contribution in [2.75, 3.05) is 6.54 Å². The number of hydrogen-bond acceptors (Lipinski definition) is 1. The van der Waals surface area contributed by atoms with Crippen LogP contribution in [0.4, 0.5) is 13.2 Å². The molecule has 0 aromatic heterocycles. The Morgan fingerprint density at radius 3 is 2.56 bits per heavy atom. The molecule has 0 bridgehead atoms. The van der Waals surface area contributed by atoms with E-state index in [0.29, 0.717) is 12.8 Å². The topological polar surface area (TPSA) is 29.1 Å². The molecule has 96 valence electrons. The van der Waals surface area contributed by atoms with Crippen LogP contribution in [0.25, 0.3) is 0 Å². The van der Waals surface area contributed by atoms with Gasteiger partial charge in [0.15, 0.2) is 17.5 Å². The summed E-state index contributed by atoms with van der Waals surface area (Å²) in [5, 5.41) is 2.56. The van der Waals surface area contributed by atoms with Gasteiger partial charge >= 0.3 is 0 Å². The maximum Gasteiger partial charge on any atom is 0.231 e. The van der Waals surface area contributed by atoms with Gasteiger partial charge in [0.25, 0.3) is 0 Å². The van der Waals surface area contributed by atoms with Crippen molar-refractivity contribution < 1.29 is 18.0 Å². The minimum Gasteiger partial charge on any atom is -0.352 e. The molecular weight excluding hydrogens is 243 g/mol. The second kappa shape index (κ2) is 4.48. The zero-order valence-corrected chi connectivity index (χ0v) is 9.60. The molecule has 1 amide bonds. The van der Waals surface area contributed by atoms with E-state index in [-0.39, 0.29) is 18.0 Å². The van der Waals surface area contributed by atoms with Crippen LogP contribution < -0.4 is 5.32 Å². The molecule has 0 spiro atoms. The molecule has 1 aromatic rings. The number of halogens is 3. The number of nitrogens with one attached hydrogen (secondary N) is 1. The lowest BCUT2D eigenvalue weighted by molar-refractivity contribution is -0.123. The molecule has 2 rings (SSSR count). The zero-order chi connectivity index (χ0) is 13.3. The summed E-state index contributed by atoms with van der Waals surface area (Å²) in [6.45, 7) is 3.71. The standard InChI is InChI=1S/C13H12F3NO/c1-2-7-17-12(18)13(5-6-13)8-3-4-9(14)11(16)10(8)15/h2-4H,1,5-7H2,(H,17,18). The van der Waals surface area contributed by atoms with Gasteiger partial charge in [0.2, 0.25) is 5.91 Å². The van der Waals surface area contributed by atoms with Crippen molar-refractivity contribution in [2.45, 2.75) is 18.3 Å². The summed E-state index contributed by atoms with van der Waals surface area (Å²) in [5.41, 5.74) is -1.13. The van der Waals surface area contributed by atoms with Gasteiger partial charge in [0.05, 0.1) is 5.41 Å². The molecule has 5 heteroatoms. The molecular formula is C13H12F3NO. The first-order valence-corrected chi connectivity index (χ1v) is 5.56. The Labute approximate surface area is 102 Å². The molecule has 0 atom stereocenters. The highest BCUT2D eigenvalue weighted by Gasteiger charge is 2.53. The fraction of sp³-hybridized carbons (Fsp3) is 0.308. The lowest BCUT2D eigenvalue weighted by atomic mass is 9.94. The van der Waals surface area contributed by atoms with Crippen molar-refractivity contribution in [1.29, 1.82) is 0 Å². The predicted octanol–water partition coefficient (Wildman–Crippen LogP) is 2.44. The molecule has 0 unspecified atom stereocenters. The Kier molecular flexibility index (Phi) is 3.15. The number of amides is 1. The Morgan fingerprint density at radius 1 is 1.33 bits per heavy atom. The first-order valence-electron chi connectivity index (χ1n) is 5.56. The smallest absolute Gasteiger partial charge is 0.231 e. The Bertz CT molecular complexity index is 509. The Hall–Kier alpha value is -1.78. The van der Waals surface area contributed by atoms with E-state index in [1.54, 1.807) is 0 Å². The molecule has 1 saturated carbocycles. The van der Waals surface area contributed by atoms with E-state index >= 15 is 0 Å². The summed E-state index contributed by atoms with van der Waals surface area (Å²) < 4.78 is 39.7. The quantitative estimate of drug-likeness (QED) is 0.649. The van der Waals surface area contributed by atoms with E-state index in [4.69, 9.17) is 0 Å². The molecule has 0 aliphatic heterocycles. The summed E-state index contributed by atoms with van der Waals surface area (Å²) in [6.07, 6.45) is 2.35. The zero-order valence-electron chi connectivity index (χ0n) is 9.60. The van der Waals surface area contributed by atoms with Crippen LogP contribution in [0.5, 0.6) is 0 Å². The second-order valence-corrected chi connectivity index (χ2v) is 4.30. The first-order chi connectivity index (χ1) is 8.53. The van der Waals surface area contributed by atoms with E-state index in [1.807, 2.05) is 0 Å². The van der Waals surface area contributed by atoms with Crippen LogP contribution in [0.15, 0.2) is 24.8 Å². The fourth-order valence-corrected chi connectivity index (χ4v) is 1.97. The summed E-state index contributed by atoms with van der Waals surface area (Å²) >= 11 is 0. The number of benzene rings is 1. The van der Waals surface area contributed by atoms with Crippen LogP contribution in [0, 0.1) is 17.5 Å². The molecule has 1 aromatic carbocycles. The highest BCUT2D eigenvalue weighted by molar-refractivity contribution is 5.91. The molecule has 1 aliphatic carbocycles. The van der Waals surface area contributed by atoms with Gasteiger partial charge in [0.1, 0.15) is 0 Å². The summed E-state index contributed by atoms with van der Waals surface area (Å²) in [4.78, 5) is 11.9. The van der Waals surface area contributed by atoms with Gasteiger partial charge in [-0.3, -0.25) is 4.79 Å². The van der Waals surface area contributed by atoms with Crippen LogP contribution in [0.1, 0.15) is 18.4 Å². The maximum absolute atomic E-state index is 13.7. The minimum atomic E-state index is -1.53. The van der Waals surface area contributed by atoms with Crippen molar-refractivity contribution in [3.8, 4) is 0 Å². The van der Waals surface area contributed by atoms with Crippen LogP contribution in [0.3, 0.4) is 0 Å². The van der Waals surface area contributed by atoms with Crippen LogP contribution in [-0.4, -0.2) is 12.5 Å². The SMILES string of the molecule is C=CCNC(=O)C1(c2ccc(F)c(F)c2F)CC1. The van der Waals surface area contributed by atoms with Crippen molar-refractivity contribution in [2.24, 2.45) is 0 Å². The fourth-order valence-electron chi connectivity index (χ4n) is 1.97. The van der Waals surface area contributed by atoms with E-state index in [9.17, 15) is 18.0 Å². The highest BCUT2D eigenvalue weighted by Crippen LogP contribution is 2.49. The van der Waals surface area contributed by atoms with Crippen LogP contribution in [-0.2, 0) is 10.2 Å². The largest absolute Gasteiger partial charge is 0.352 e. The summed E-state index contributed by atoms with van der Waals surface area (Å²) in [7, 11) is 0. The van der Waals surface area contributed by atoms with E-state index in [2.05, 4.69) is 11.9 Å². The molecule has 1 aliphatic rings. The highest BCUT2D eigenvalue weighted by atomic mass is 19.2. The normalized spacial score (nSPS) is 16.2. The van der Waals surface area contributed by atoms with Gasteiger partial charge < -0.3 is 5.32 Å². The minimum absolute atomic E-state index is 0.0806. The summed E-state index contributed by atoms with van der Waals surface area (Å²) in [6, 6.07) is 1.98. The lowest BCUT2D eigenvalue weighted by Crippen LogP contribution is -2.35. The number of rotatable bonds is 4. The van der Waals surface area contributed by atoms with Crippen molar-refractivity contribution >= 4 is 5.91 Å². The van der Waals surface area contributed by atoms with Gasteiger partial charge in [-0.05, 0) is 18.9 Å². The number of carbonyl (C=O) groups is 1. The van der Waals surface area contributed by atoms with Crippen LogP contribution in [0.2, 0.25) is 0 Å². The van der Waals surface area contributed by atoms with Crippen molar-refractivity contribution in [1.82, 2.24) is 5.32 Å². The average molecular weight is 255 g/mol.